The summed E-state index contributed by atoms with van der Waals surface area (Å²) in [6.45, 7) is 5.98. The van der Waals surface area contributed by atoms with E-state index in [-0.39, 0.29) is 0 Å². The predicted molar refractivity (Wildman–Crippen MR) is 84.8 cm³/mol. The lowest BCUT2D eigenvalue weighted by atomic mass is 10.1. The van der Waals surface area contributed by atoms with E-state index in [0.29, 0.717) is 25.1 Å². The Bertz CT molecular complexity index is 577. The summed E-state index contributed by atoms with van der Waals surface area (Å²) in [6, 6.07) is 4.48. The lowest BCUT2D eigenvalue weighted by molar-refractivity contribution is 0.198. The molecule has 1 aromatic carbocycles. The second kappa shape index (κ2) is 7.53. The van der Waals surface area contributed by atoms with Crippen molar-refractivity contribution in [3.63, 3.8) is 0 Å². The van der Waals surface area contributed by atoms with E-state index in [1.54, 1.807) is 7.11 Å². The van der Waals surface area contributed by atoms with E-state index in [1.807, 2.05) is 26.0 Å². The van der Waals surface area contributed by atoms with Gasteiger partial charge in [-0.2, -0.15) is 0 Å². The quantitative estimate of drug-likeness (QED) is 0.744. The molecular formula is C14H19BrN4O2. The van der Waals surface area contributed by atoms with Crippen LogP contribution >= 0.6 is 15.9 Å². The lowest BCUT2D eigenvalue weighted by Crippen LogP contribution is -2.18. The van der Waals surface area contributed by atoms with Crippen molar-refractivity contribution in [2.75, 3.05) is 25.6 Å². The third-order valence-corrected chi connectivity index (χ3v) is 3.41. The van der Waals surface area contributed by atoms with Crippen molar-refractivity contribution in [2.24, 2.45) is 0 Å². The third kappa shape index (κ3) is 4.52. The summed E-state index contributed by atoms with van der Waals surface area (Å²) in [4.78, 5) is 0. The van der Waals surface area contributed by atoms with E-state index in [9.17, 15) is 0 Å². The second-order valence-corrected chi connectivity index (χ2v) is 5.63. The molecule has 21 heavy (non-hydrogen) atoms. The van der Waals surface area contributed by atoms with Crippen LogP contribution in [0.4, 0.5) is 11.7 Å². The third-order valence-electron chi connectivity index (χ3n) is 2.96. The number of aromatic nitrogens is 2. The van der Waals surface area contributed by atoms with Crippen LogP contribution in [-0.2, 0) is 11.3 Å². The number of benzene rings is 1. The standard InChI is InChI=1S/C14H19BrN4O2/c1-9-6-11(15)7-10(2)13(9)17-14-19-18-12(21-14)8-16-4-5-20-3/h6-7,16H,4-5,8H2,1-3H3,(H,17,19). The van der Waals surface area contributed by atoms with Gasteiger partial charge in [0.05, 0.1) is 13.2 Å². The van der Waals surface area contributed by atoms with Crippen LogP contribution in [0.15, 0.2) is 21.0 Å². The van der Waals surface area contributed by atoms with Gasteiger partial charge in [0.2, 0.25) is 5.89 Å². The van der Waals surface area contributed by atoms with Crippen molar-refractivity contribution in [2.45, 2.75) is 20.4 Å². The zero-order valence-corrected chi connectivity index (χ0v) is 14.0. The van der Waals surface area contributed by atoms with Gasteiger partial charge in [-0.3, -0.25) is 0 Å². The van der Waals surface area contributed by atoms with E-state index < -0.39 is 0 Å². The van der Waals surface area contributed by atoms with Crippen LogP contribution in [0.1, 0.15) is 17.0 Å². The van der Waals surface area contributed by atoms with Gasteiger partial charge >= 0.3 is 6.01 Å². The minimum atomic E-state index is 0.395. The van der Waals surface area contributed by atoms with Crippen molar-refractivity contribution < 1.29 is 9.15 Å². The Kier molecular flexibility index (Phi) is 5.72. The van der Waals surface area contributed by atoms with E-state index in [1.165, 1.54) is 0 Å². The summed E-state index contributed by atoms with van der Waals surface area (Å²) >= 11 is 3.48. The molecule has 7 heteroatoms. The van der Waals surface area contributed by atoms with Crippen LogP contribution in [0.25, 0.3) is 0 Å². The van der Waals surface area contributed by atoms with Gasteiger partial charge in [-0.15, -0.1) is 5.10 Å². The molecule has 6 nitrogen and oxygen atoms in total. The number of hydrogen-bond acceptors (Lipinski definition) is 6. The summed E-state index contributed by atoms with van der Waals surface area (Å²) in [5.41, 5.74) is 3.21. The normalized spacial score (nSPS) is 10.9. The van der Waals surface area contributed by atoms with Crippen LogP contribution in [-0.4, -0.2) is 30.5 Å². The SMILES string of the molecule is COCCNCc1nnc(Nc2c(C)cc(Br)cc2C)o1. The molecule has 0 aliphatic rings. The number of nitrogens with one attached hydrogen (secondary N) is 2. The number of methoxy groups -OCH3 is 1. The van der Waals surface area contributed by atoms with E-state index >= 15 is 0 Å². The zero-order chi connectivity index (χ0) is 15.2. The maximum atomic E-state index is 5.56. The monoisotopic (exact) mass is 354 g/mol. The fourth-order valence-electron chi connectivity index (χ4n) is 1.96. The molecule has 0 saturated carbocycles. The number of nitrogens with zero attached hydrogens (tertiary/aromatic N) is 2. The Morgan fingerprint density at radius 3 is 2.62 bits per heavy atom. The molecule has 2 rings (SSSR count). The highest BCUT2D eigenvalue weighted by Crippen LogP contribution is 2.27. The van der Waals surface area contributed by atoms with Crippen molar-refractivity contribution in [1.29, 1.82) is 0 Å². The van der Waals surface area contributed by atoms with Gasteiger partial charge in [0.15, 0.2) is 0 Å². The van der Waals surface area contributed by atoms with Gasteiger partial charge in [0.25, 0.3) is 0 Å². The molecule has 114 valence electrons. The Hall–Kier alpha value is -1.44. The van der Waals surface area contributed by atoms with Crippen molar-refractivity contribution in [3.8, 4) is 0 Å². The van der Waals surface area contributed by atoms with Crippen molar-refractivity contribution >= 4 is 27.6 Å². The highest BCUT2D eigenvalue weighted by molar-refractivity contribution is 9.10. The van der Waals surface area contributed by atoms with E-state index in [0.717, 1.165) is 27.8 Å². The number of anilines is 2. The minimum absolute atomic E-state index is 0.395. The topological polar surface area (TPSA) is 72.2 Å². The fourth-order valence-corrected chi connectivity index (χ4v) is 2.65. The van der Waals surface area contributed by atoms with Crippen LogP contribution in [0, 0.1) is 13.8 Å². The average molecular weight is 355 g/mol. The Morgan fingerprint density at radius 1 is 1.24 bits per heavy atom. The smallest absolute Gasteiger partial charge is 0.320 e. The Balaban J connectivity index is 1.99. The number of rotatable bonds is 7. The van der Waals surface area contributed by atoms with Crippen LogP contribution < -0.4 is 10.6 Å². The minimum Gasteiger partial charge on any atom is -0.406 e. The molecule has 2 aromatic rings. The molecule has 0 saturated heterocycles. The first-order valence-electron chi connectivity index (χ1n) is 6.66. The Morgan fingerprint density at radius 2 is 1.95 bits per heavy atom. The Labute approximate surface area is 132 Å². The molecule has 2 N–H and O–H groups in total. The molecule has 0 bridgehead atoms. The number of ether oxygens (including phenoxy) is 1. The highest BCUT2D eigenvalue weighted by atomic mass is 79.9. The van der Waals surface area contributed by atoms with Gasteiger partial charge in [-0.25, -0.2) is 0 Å². The van der Waals surface area contributed by atoms with Crippen molar-refractivity contribution in [3.05, 3.63) is 33.6 Å². The highest BCUT2D eigenvalue weighted by Gasteiger charge is 2.10. The molecule has 0 amide bonds. The van der Waals surface area contributed by atoms with Crippen molar-refractivity contribution in [1.82, 2.24) is 15.5 Å². The predicted octanol–water partition coefficient (Wildman–Crippen LogP) is 2.93. The maximum absolute atomic E-state index is 5.56. The molecule has 0 atom stereocenters. The van der Waals surface area contributed by atoms with Crippen LogP contribution in [0.2, 0.25) is 0 Å². The summed E-state index contributed by atoms with van der Waals surface area (Å²) in [5.74, 6) is 0.543. The molecule has 0 radical (unpaired) electrons. The number of hydrogen-bond donors (Lipinski definition) is 2. The van der Waals surface area contributed by atoms with Gasteiger partial charge < -0.3 is 19.8 Å². The fraction of sp³-hybridized carbons (Fsp3) is 0.429. The summed E-state index contributed by atoms with van der Waals surface area (Å²) in [7, 11) is 1.67. The first-order chi connectivity index (χ1) is 10.1. The second-order valence-electron chi connectivity index (χ2n) is 4.71. The van der Waals surface area contributed by atoms with Gasteiger partial charge in [-0.1, -0.05) is 21.0 Å². The lowest BCUT2D eigenvalue weighted by Gasteiger charge is -2.10. The summed E-state index contributed by atoms with van der Waals surface area (Å²) in [5, 5.41) is 14.3. The molecule has 1 heterocycles. The molecule has 1 aromatic heterocycles. The van der Waals surface area contributed by atoms with E-state index in [4.69, 9.17) is 9.15 Å². The molecule has 0 aliphatic heterocycles. The summed E-state index contributed by atoms with van der Waals surface area (Å²) < 4.78 is 11.6. The number of halogens is 1. The molecular weight excluding hydrogens is 336 g/mol. The molecule has 0 unspecified atom stereocenters. The van der Waals surface area contributed by atoms with Crippen LogP contribution in [0.5, 0.6) is 0 Å². The van der Waals surface area contributed by atoms with Gasteiger partial charge in [-0.05, 0) is 37.1 Å². The van der Waals surface area contributed by atoms with Gasteiger partial charge in [0, 0.05) is 23.8 Å². The summed E-state index contributed by atoms with van der Waals surface area (Å²) in [6.07, 6.45) is 0. The molecule has 0 spiro atoms. The molecule has 0 aliphatic carbocycles. The van der Waals surface area contributed by atoms with E-state index in [2.05, 4.69) is 36.8 Å². The first-order valence-corrected chi connectivity index (χ1v) is 7.45. The zero-order valence-electron chi connectivity index (χ0n) is 12.4. The molecule has 0 fully saturated rings. The van der Waals surface area contributed by atoms with Gasteiger partial charge in [0.1, 0.15) is 0 Å². The largest absolute Gasteiger partial charge is 0.406 e. The number of aryl methyl sites for hydroxylation is 2. The van der Waals surface area contributed by atoms with Crippen LogP contribution in [0.3, 0.4) is 0 Å². The average Bonchev–Trinajstić information content (AvgIpc) is 2.87. The first kappa shape index (κ1) is 15.9. The maximum Gasteiger partial charge on any atom is 0.320 e.